The predicted octanol–water partition coefficient (Wildman–Crippen LogP) is 4.02. The number of carbonyl (C=O) groups excluding carboxylic acids is 1. The minimum atomic E-state index is -0.966. The van der Waals surface area contributed by atoms with Crippen molar-refractivity contribution in [2.75, 3.05) is 12.3 Å². The predicted molar refractivity (Wildman–Crippen MR) is 127 cm³/mol. The van der Waals surface area contributed by atoms with Gasteiger partial charge in [0.1, 0.15) is 42.4 Å². The number of hydrogen-bond acceptors (Lipinski definition) is 10. The van der Waals surface area contributed by atoms with Gasteiger partial charge in [-0.1, -0.05) is 23.7 Å². The molecule has 5 heterocycles. The zero-order valence-corrected chi connectivity index (χ0v) is 19.8. The molecule has 2 fully saturated rings. The first-order valence-electron chi connectivity index (χ1n) is 11.2. The van der Waals surface area contributed by atoms with E-state index in [1.54, 1.807) is 30.5 Å². The highest BCUT2D eigenvalue weighted by atomic mass is 35.5. The van der Waals surface area contributed by atoms with Crippen molar-refractivity contribution in [2.45, 2.75) is 37.1 Å². The van der Waals surface area contributed by atoms with Gasteiger partial charge in [-0.25, -0.2) is 14.8 Å². The molecule has 0 bridgehead atoms. The fourth-order valence-electron chi connectivity index (χ4n) is 4.72. The van der Waals surface area contributed by atoms with Gasteiger partial charge in [-0.05, 0) is 31.2 Å². The first-order chi connectivity index (χ1) is 17.4. The Morgan fingerprint density at radius 2 is 2.03 bits per heavy atom. The molecule has 0 spiro atoms. The van der Waals surface area contributed by atoms with Crippen LogP contribution in [0.25, 0.3) is 11.1 Å². The number of nitrogens with zero attached hydrogens (tertiary/aromatic N) is 3. The third kappa shape index (κ3) is 3.79. The number of fused-ring (bicyclic) bond motifs is 2. The number of anilines is 1. The number of benzene rings is 1. The Hall–Kier alpha value is -3.57. The molecule has 184 valence electrons. The Morgan fingerprint density at radius 1 is 1.19 bits per heavy atom. The van der Waals surface area contributed by atoms with Crippen LogP contribution in [-0.4, -0.2) is 45.3 Å². The minimum Gasteiger partial charge on any atom is -0.459 e. The summed E-state index contributed by atoms with van der Waals surface area (Å²) in [6, 6.07) is 10.5. The first kappa shape index (κ1) is 22.9. The molecule has 10 nitrogen and oxygen atoms in total. The molecule has 2 N–H and O–H groups in total. The lowest BCUT2D eigenvalue weighted by Gasteiger charge is -2.27. The smallest absolute Gasteiger partial charge is 0.339 e. The Labute approximate surface area is 210 Å². The Kier molecular flexibility index (Phi) is 5.60. The van der Waals surface area contributed by atoms with Crippen molar-refractivity contribution >= 4 is 34.5 Å². The van der Waals surface area contributed by atoms with E-state index in [4.69, 9.17) is 40.7 Å². The number of carbonyl (C=O) groups is 1. The highest BCUT2D eigenvalue weighted by molar-refractivity contribution is 6.30. The van der Waals surface area contributed by atoms with Crippen LogP contribution in [0.5, 0.6) is 0 Å². The molecule has 0 saturated carbocycles. The molecule has 1 unspecified atom stereocenters. The van der Waals surface area contributed by atoms with Crippen LogP contribution >= 0.6 is 11.6 Å². The minimum absolute atomic E-state index is 0.0614. The number of esters is 1. The molecule has 1 aromatic carbocycles. The summed E-state index contributed by atoms with van der Waals surface area (Å²) >= 11 is 6.06. The molecule has 0 radical (unpaired) electrons. The van der Waals surface area contributed by atoms with Gasteiger partial charge in [0.25, 0.3) is 0 Å². The second-order valence-electron chi connectivity index (χ2n) is 8.76. The maximum Gasteiger partial charge on any atom is 0.339 e. The van der Waals surface area contributed by atoms with Crippen molar-refractivity contribution in [2.24, 2.45) is 0 Å². The number of hydrogen-bond donors (Lipinski definition) is 1. The molecule has 4 aromatic rings. The summed E-state index contributed by atoms with van der Waals surface area (Å²) in [5.74, 6) is -0.296. The van der Waals surface area contributed by atoms with Gasteiger partial charge in [0, 0.05) is 28.5 Å². The van der Waals surface area contributed by atoms with Gasteiger partial charge in [-0.3, -0.25) is 4.98 Å². The molecular weight excluding hydrogens is 488 g/mol. The monoisotopic (exact) mass is 508 g/mol. The van der Waals surface area contributed by atoms with Crippen molar-refractivity contribution in [1.82, 2.24) is 15.0 Å². The van der Waals surface area contributed by atoms with E-state index in [0.29, 0.717) is 27.2 Å². The lowest BCUT2D eigenvalue weighted by atomic mass is 9.89. The maximum absolute atomic E-state index is 12.6. The van der Waals surface area contributed by atoms with Gasteiger partial charge in [0.05, 0.1) is 11.8 Å². The second-order valence-corrected chi connectivity index (χ2v) is 9.20. The number of aromatic nitrogens is 3. The number of rotatable bonds is 5. The molecule has 0 amide bonds. The van der Waals surface area contributed by atoms with E-state index in [0.717, 1.165) is 5.56 Å². The van der Waals surface area contributed by atoms with Crippen molar-refractivity contribution in [3.8, 4) is 0 Å². The normalized spacial score (nSPS) is 27.3. The van der Waals surface area contributed by atoms with E-state index in [1.165, 1.54) is 18.8 Å². The van der Waals surface area contributed by atoms with Crippen molar-refractivity contribution in [3.63, 3.8) is 0 Å². The number of furan rings is 1. The Balaban J connectivity index is 1.32. The highest BCUT2D eigenvalue weighted by Crippen LogP contribution is 2.54. The van der Waals surface area contributed by atoms with Crippen LogP contribution < -0.4 is 5.73 Å². The molecule has 5 atom stereocenters. The Bertz CT molecular complexity index is 1420. The summed E-state index contributed by atoms with van der Waals surface area (Å²) in [4.78, 5) is 24.9. The fraction of sp³-hybridized carbons (Fsp3) is 0.280. The summed E-state index contributed by atoms with van der Waals surface area (Å²) in [6.45, 7) is 1.83. The maximum atomic E-state index is 12.6. The quantitative estimate of drug-likeness (QED) is 0.394. The molecule has 11 heteroatoms. The zero-order chi connectivity index (χ0) is 24.9. The van der Waals surface area contributed by atoms with Gasteiger partial charge in [0.15, 0.2) is 17.7 Å². The van der Waals surface area contributed by atoms with Gasteiger partial charge < -0.3 is 29.1 Å². The standard InChI is InChI=1S/C25H21ClN4O6/c1-25-20(16-10-32-19-18(16)29-12-30-22(19)27)34-17(11-33-23(31)14-3-2-8-28-9-14)21(25)35-24(36-25)13-4-6-15(26)7-5-13/h2-10,12,17,20-21,24H,11H2,1H3,(H2,27,29,30)/t17-,20+,21-,24?,25+/m1/s1. The molecule has 3 aromatic heterocycles. The Morgan fingerprint density at radius 3 is 2.81 bits per heavy atom. The van der Waals surface area contributed by atoms with Crippen LogP contribution in [0.1, 0.15) is 40.8 Å². The zero-order valence-electron chi connectivity index (χ0n) is 19.0. The molecule has 2 saturated heterocycles. The number of ether oxygens (including phenoxy) is 4. The van der Waals surface area contributed by atoms with Crippen molar-refractivity contribution in [3.05, 3.63) is 83.1 Å². The average Bonchev–Trinajstić information content (AvgIpc) is 3.54. The van der Waals surface area contributed by atoms with E-state index in [2.05, 4.69) is 15.0 Å². The van der Waals surface area contributed by atoms with Crippen LogP contribution in [-0.2, 0) is 18.9 Å². The van der Waals surface area contributed by atoms with Crippen LogP contribution in [0.2, 0.25) is 5.02 Å². The van der Waals surface area contributed by atoms with Crippen LogP contribution in [0.3, 0.4) is 0 Å². The largest absolute Gasteiger partial charge is 0.459 e. The average molecular weight is 509 g/mol. The summed E-state index contributed by atoms with van der Waals surface area (Å²) < 4.78 is 30.5. The van der Waals surface area contributed by atoms with Gasteiger partial charge in [0.2, 0.25) is 0 Å². The van der Waals surface area contributed by atoms with Crippen LogP contribution in [0.4, 0.5) is 5.82 Å². The van der Waals surface area contributed by atoms with Crippen molar-refractivity contribution in [1.29, 1.82) is 0 Å². The third-order valence-electron chi connectivity index (χ3n) is 6.47. The SMILES string of the molecule is C[C@@]12OC(c3ccc(Cl)cc3)O[C@@H]1[C@@H](COC(=O)c1cccnc1)O[C@H]2c1coc2c(N)ncnc12. The number of halogens is 1. The highest BCUT2D eigenvalue weighted by Gasteiger charge is 2.62. The van der Waals surface area contributed by atoms with Crippen LogP contribution in [0, 0.1) is 0 Å². The lowest BCUT2D eigenvalue weighted by Crippen LogP contribution is -2.41. The summed E-state index contributed by atoms with van der Waals surface area (Å²) in [7, 11) is 0. The first-order valence-corrected chi connectivity index (χ1v) is 11.6. The number of pyridine rings is 1. The summed E-state index contributed by atoms with van der Waals surface area (Å²) in [6.07, 6.45) is 3.37. The van der Waals surface area contributed by atoms with Crippen LogP contribution in [0.15, 0.2) is 65.8 Å². The molecule has 6 rings (SSSR count). The topological polar surface area (TPSA) is 132 Å². The van der Waals surface area contributed by atoms with E-state index in [9.17, 15) is 4.79 Å². The lowest BCUT2D eigenvalue weighted by molar-refractivity contribution is -0.157. The summed E-state index contributed by atoms with van der Waals surface area (Å²) in [5.41, 5.74) is 7.64. The van der Waals surface area contributed by atoms with E-state index in [-0.39, 0.29) is 12.4 Å². The molecule has 36 heavy (non-hydrogen) atoms. The van der Waals surface area contributed by atoms with E-state index < -0.39 is 36.2 Å². The fourth-order valence-corrected chi connectivity index (χ4v) is 4.84. The second kappa shape index (κ2) is 8.82. The molecule has 2 aliphatic rings. The summed E-state index contributed by atoms with van der Waals surface area (Å²) in [5, 5.41) is 0.603. The van der Waals surface area contributed by atoms with Crippen molar-refractivity contribution < 1.29 is 28.2 Å². The number of nitrogen functional groups attached to an aromatic ring is 1. The van der Waals surface area contributed by atoms with E-state index >= 15 is 0 Å². The molecule has 0 aliphatic carbocycles. The van der Waals surface area contributed by atoms with E-state index in [1.807, 2.05) is 19.1 Å². The molecule has 2 aliphatic heterocycles. The van der Waals surface area contributed by atoms with Gasteiger partial charge >= 0.3 is 5.97 Å². The number of nitrogens with two attached hydrogens (primary N) is 1. The van der Waals surface area contributed by atoms with Gasteiger partial charge in [-0.2, -0.15) is 0 Å². The van der Waals surface area contributed by atoms with Gasteiger partial charge in [-0.15, -0.1) is 0 Å². The third-order valence-corrected chi connectivity index (χ3v) is 6.73. The molecular formula is C25H21ClN4O6.